The van der Waals surface area contributed by atoms with Crippen LogP contribution < -0.4 is 11.1 Å². The number of benzene rings is 1. The molecule has 0 saturated carbocycles. The Balaban J connectivity index is 1.93. The van der Waals surface area contributed by atoms with Gasteiger partial charge in [-0.25, -0.2) is 0 Å². The fourth-order valence-corrected chi connectivity index (χ4v) is 1.69. The highest BCUT2D eigenvalue weighted by Crippen LogP contribution is 2.18. The third-order valence-corrected chi connectivity index (χ3v) is 2.72. The van der Waals surface area contributed by atoms with Crippen LogP contribution in [0.3, 0.4) is 0 Å². The van der Waals surface area contributed by atoms with E-state index < -0.39 is 5.54 Å². The summed E-state index contributed by atoms with van der Waals surface area (Å²) in [5, 5.41) is 3.87. The van der Waals surface area contributed by atoms with Gasteiger partial charge in [-0.15, -0.1) is 0 Å². The lowest BCUT2D eigenvalue weighted by molar-refractivity contribution is -0.125. The van der Waals surface area contributed by atoms with E-state index in [2.05, 4.69) is 5.32 Å². The summed E-state index contributed by atoms with van der Waals surface area (Å²) in [6.07, 6.45) is 0.663. The van der Waals surface area contributed by atoms with Crippen molar-refractivity contribution in [2.75, 3.05) is 6.54 Å². The predicted molar refractivity (Wildman–Crippen MR) is 71.2 cm³/mol. The van der Waals surface area contributed by atoms with Crippen LogP contribution in [-0.2, 0) is 11.2 Å². The summed E-state index contributed by atoms with van der Waals surface area (Å²) in [7, 11) is 0. The molecule has 4 heteroatoms. The van der Waals surface area contributed by atoms with E-state index in [1.165, 1.54) is 0 Å². The number of carbonyl (C=O) groups excluding carboxylic acids is 1. The number of rotatable bonds is 4. The molecule has 0 aliphatic rings. The smallest absolute Gasteiger partial charge is 0.239 e. The van der Waals surface area contributed by atoms with Crippen molar-refractivity contribution in [1.82, 2.24) is 5.32 Å². The lowest BCUT2D eigenvalue weighted by Gasteiger charge is -2.17. The van der Waals surface area contributed by atoms with Gasteiger partial charge in [-0.05, 0) is 26.0 Å². The molecule has 2 rings (SSSR count). The van der Waals surface area contributed by atoms with Gasteiger partial charge in [0, 0.05) is 18.4 Å². The highest BCUT2D eigenvalue weighted by atomic mass is 16.3. The Morgan fingerprint density at radius 2 is 2.11 bits per heavy atom. The van der Waals surface area contributed by atoms with Gasteiger partial charge in [0.2, 0.25) is 5.91 Å². The number of nitrogens with one attached hydrogen (secondary N) is 1. The van der Waals surface area contributed by atoms with E-state index >= 15 is 0 Å². The van der Waals surface area contributed by atoms with Crippen molar-refractivity contribution in [2.45, 2.75) is 25.8 Å². The SMILES string of the molecule is CC(C)(N)C(=O)NCCc1cc2ccccc2o1. The summed E-state index contributed by atoms with van der Waals surface area (Å²) in [6, 6.07) is 9.84. The van der Waals surface area contributed by atoms with Gasteiger partial charge >= 0.3 is 0 Å². The summed E-state index contributed by atoms with van der Waals surface area (Å²) < 4.78 is 5.65. The van der Waals surface area contributed by atoms with Crippen molar-refractivity contribution >= 4 is 16.9 Å². The third kappa shape index (κ3) is 2.90. The molecule has 0 unspecified atom stereocenters. The molecule has 0 aliphatic carbocycles. The van der Waals surface area contributed by atoms with Gasteiger partial charge in [-0.3, -0.25) is 4.79 Å². The quantitative estimate of drug-likeness (QED) is 0.864. The maximum atomic E-state index is 11.6. The number of furan rings is 1. The van der Waals surface area contributed by atoms with Gasteiger partial charge in [0.25, 0.3) is 0 Å². The zero-order valence-electron chi connectivity index (χ0n) is 10.7. The lowest BCUT2D eigenvalue weighted by atomic mass is 10.1. The molecule has 0 saturated heterocycles. The van der Waals surface area contributed by atoms with Crippen molar-refractivity contribution in [3.05, 3.63) is 36.1 Å². The van der Waals surface area contributed by atoms with Crippen LogP contribution in [0, 0.1) is 0 Å². The molecular formula is C14H18N2O2. The fraction of sp³-hybridized carbons (Fsp3) is 0.357. The van der Waals surface area contributed by atoms with Gasteiger partial charge < -0.3 is 15.5 Å². The Kier molecular flexibility index (Phi) is 3.39. The van der Waals surface area contributed by atoms with Crippen LogP contribution in [0.4, 0.5) is 0 Å². The summed E-state index contributed by atoms with van der Waals surface area (Å²) >= 11 is 0. The molecule has 1 heterocycles. The summed E-state index contributed by atoms with van der Waals surface area (Å²) in [4.78, 5) is 11.6. The Bertz CT molecular complexity index is 519. The molecule has 0 radical (unpaired) electrons. The summed E-state index contributed by atoms with van der Waals surface area (Å²) in [5.41, 5.74) is 5.72. The van der Waals surface area contributed by atoms with E-state index in [1.54, 1.807) is 13.8 Å². The van der Waals surface area contributed by atoms with Gasteiger partial charge in [0.1, 0.15) is 11.3 Å². The van der Waals surface area contributed by atoms with Crippen LogP contribution in [0.2, 0.25) is 0 Å². The lowest BCUT2D eigenvalue weighted by Crippen LogP contribution is -2.49. The second kappa shape index (κ2) is 4.82. The zero-order chi connectivity index (χ0) is 13.2. The van der Waals surface area contributed by atoms with Gasteiger partial charge in [-0.1, -0.05) is 18.2 Å². The number of para-hydroxylation sites is 1. The number of fused-ring (bicyclic) bond motifs is 1. The predicted octanol–water partition coefficient (Wildman–Crippen LogP) is 1.83. The summed E-state index contributed by atoms with van der Waals surface area (Å²) in [6.45, 7) is 3.90. The molecule has 1 amide bonds. The molecule has 1 aromatic carbocycles. The molecule has 0 fully saturated rings. The van der Waals surface area contributed by atoms with Gasteiger partial charge in [-0.2, -0.15) is 0 Å². The number of nitrogens with two attached hydrogens (primary N) is 1. The molecule has 0 atom stereocenters. The molecule has 0 bridgehead atoms. The van der Waals surface area contributed by atoms with Crippen LogP contribution in [0.15, 0.2) is 34.7 Å². The monoisotopic (exact) mass is 246 g/mol. The van der Waals surface area contributed by atoms with Gasteiger partial charge in [0.05, 0.1) is 5.54 Å². The largest absolute Gasteiger partial charge is 0.461 e. The Morgan fingerprint density at radius 3 is 2.78 bits per heavy atom. The Labute approximate surface area is 106 Å². The highest BCUT2D eigenvalue weighted by Gasteiger charge is 2.20. The minimum Gasteiger partial charge on any atom is -0.461 e. The molecule has 3 N–H and O–H groups in total. The average Bonchev–Trinajstić information content (AvgIpc) is 2.70. The first-order valence-electron chi connectivity index (χ1n) is 6.01. The van der Waals surface area contributed by atoms with E-state index in [0.29, 0.717) is 13.0 Å². The fourth-order valence-electron chi connectivity index (χ4n) is 1.69. The van der Waals surface area contributed by atoms with E-state index in [0.717, 1.165) is 16.7 Å². The van der Waals surface area contributed by atoms with Crippen LogP contribution in [-0.4, -0.2) is 18.0 Å². The standard InChI is InChI=1S/C14H18N2O2/c1-14(2,15)13(17)16-8-7-11-9-10-5-3-4-6-12(10)18-11/h3-6,9H,7-8,15H2,1-2H3,(H,16,17). The normalized spacial score (nSPS) is 11.7. The van der Waals surface area contributed by atoms with E-state index in [4.69, 9.17) is 10.2 Å². The first-order valence-corrected chi connectivity index (χ1v) is 6.01. The van der Waals surface area contributed by atoms with E-state index in [-0.39, 0.29) is 5.91 Å². The summed E-state index contributed by atoms with van der Waals surface area (Å²) in [5.74, 6) is 0.713. The molecule has 2 aromatic rings. The van der Waals surface area contributed by atoms with Crippen molar-refractivity contribution in [1.29, 1.82) is 0 Å². The van der Waals surface area contributed by atoms with Crippen LogP contribution in [0.25, 0.3) is 11.0 Å². The minimum atomic E-state index is -0.839. The maximum absolute atomic E-state index is 11.6. The molecular weight excluding hydrogens is 228 g/mol. The number of carbonyl (C=O) groups is 1. The minimum absolute atomic E-state index is 0.154. The number of hydrogen-bond donors (Lipinski definition) is 2. The molecule has 18 heavy (non-hydrogen) atoms. The van der Waals surface area contributed by atoms with Crippen LogP contribution in [0.5, 0.6) is 0 Å². The molecule has 96 valence electrons. The second-order valence-electron chi connectivity index (χ2n) is 4.98. The number of amides is 1. The van der Waals surface area contributed by atoms with Crippen molar-refractivity contribution in [3.8, 4) is 0 Å². The molecule has 1 aromatic heterocycles. The second-order valence-corrected chi connectivity index (χ2v) is 4.98. The van der Waals surface area contributed by atoms with Crippen molar-refractivity contribution in [3.63, 3.8) is 0 Å². The molecule has 4 nitrogen and oxygen atoms in total. The Morgan fingerprint density at radius 1 is 1.39 bits per heavy atom. The third-order valence-electron chi connectivity index (χ3n) is 2.72. The van der Waals surface area contributed by atoms with Crippen molar-refractivity contribution in [2.24, 2.45) is 5.73 Å². The molecule has 0 spiro atoms. The van der Waals surface area contributed by atoms with Gasteiger partial charge in [0.15, 0.2) is 0 Å². The zero-order valence-corrected chi connectivity index (χ0v) is 10.7. The van der Waals surface area contributed by atoms with E-state index in [9.17, 15) is 4.79 Å². The maximum Gasteiger partial charge on any atom is 0.239 e. The Hall–Kier alpha value is -1.81. The molecule has 0 aliphatic heterocycles. The first kappa shape index (κ1) is 12.6. The van der Waals surface area contributed by atoms with Crippen LogP contribution in [0.1, 0.15) is 19.6 Å². The number of hydrogen-bond acceptors (Lipinski definition) is 3. The topological polar surface area (TPSA) is 68.3 Å². The van der Waals surface area contributed by atoms with E-state index in [1.807, 2.05) is 30.3 Å². The average molecular weight is 246 g/mol. The highest BCUT2D eigenvalue weighted by molar-refractivity contribution is 5.85. The van der Waals surface area contributed by atoms with Crippen LogP contribution >= 0.6 is 0 Å². The van der Waals surface area contributed by atoms with Crippen molar-refractivity contribution < 1.29 is 9.21 Å². The first-order chi connectivity index (χ1) is 8.47.